The molecule has 0 saturated carbocycles. The maximum Gasteiger partial charge on any atom is 0.235 e. The number of carbonyl (C=O) groups is 1. The number of nitrogens with zero attached hydrogens (tertiary/aromatic N) is 1. The second-order valence-corrected chi connectivity index (χ2v) is 6.27. The van der Waals surface area contributed by atoms with Crippen LogP contribution in [0.15, 0.2) is 18.2 Å². The van der Waals surface area contributed by atoms with Gasteiger partial charge in [-0.15, -0.1) is 28.9 Å². The molecule has 3 nitrogen and oxygen atoms in total. The maximum atomic E-state index is 12.2. The first-order valence-electron chi connectivity index (χ1n) is 6.57. The minimum Gasteiger partial charge on any atom is -0.494 e. The molecule has 0 saturated heterocycles. The third kappa shape index (κ3) is 4.43. The molecule has 1 unspecified atom stereocenters. The quantitative estimate of drug-likeness (QED) is 0.361. The van der Waals surface area contributed by atoms with Gasteiger partial charge in [0.2, 0.25) is 5.91 Å². The summed E-state index contributed by atoms with van der Waals surface area (Å²) in [6, 6.07) is 5.54. The summed E-state index contributed by atoms with van der Waals surface area (Å²) in [5.41, 5.74) is 1.60. The molecule has 0 spiro atoms. The summed E-state index contributed by atoms with van der Waals surface area (Å²) in [7, 11) is 0. The Morgan fingerprint density at radius 1 is 1.48 bits per heavy atom. The smallest absolute Gasteiger partial charge is 0.235 e. The normalized spacial score (nSPS) is 18.1. The monoisotopic (exact) mass is 493 g/mol. The molecule has 0 N–H and O–H groups in total. The van der Waals surface area contributed by atoms with E-state index in [2.05, 4.69) is 28.7 Å². The van der Waals surface area contributed by atoms with Crippen molar-refractivity contribution < 1.29 is 42.2 Å². The topological polar surface area (TPSA) is 29.5 Å². The average Bonchev–Trinajstić information content (AvgIpc) is 2.43. The fourth-order valence-corrected chi connectivity index (χ4v) is 2.96. The first-order valence-corrected chi connectivity index (χ1v) is 8.19. The Labute approximate surface area is 169 Å². The second kappa shape index (κ2) is 8.85. The first kappa shape index (κ1) is 19.4. The van der Waals surface area contributed by atoms with Crippen LogP contribution >= 0.6 is 34.2 Å². The van der Waals surface area contributed by atoms with Crippen LogP contribution in [0.2, 0.25) is 5.02 Å². The average molecular weight is 494 g/mol. The molecule has 1 aromatic rings. The Morgan fingerprint density at radius 3 is 2.76 bits per heavy atom. The van der Waals surface area contributed by atoms with Crippen LogP contribution in [0.5, 0.6) is 5.75 Å². The fraction of sp³-hybridized carbons (Fsp3) is 0.400. The molecule has 111 valence electrons. The van der Waals surface area contributed by atoms with Crippen molar-refractivity contribution in [3.05, 3.63) is 34.9 Å². The van der Waals surface area contributed by atoms with Crippen LogP contribution in [0.3, 0.4) is 0 Å². The molecule has 0 fully saturated rings. The van der Waals surface area contributed by atoms with Gasteiger partial charge in [0.05, 0.1) is 10.5 Å². The predicted octanol–water partition coefficient (Wildman–Crippen LogP) is 3.94. The summed E-state index contributed by atoms with van der Waals surface area (Å²) in [6.45, 7) is 5.10. The van der Waals surface area contributed by atoms with Crippen LogP contribution < -0.4 is 4.74 Å². The van der Waals surface area contributed by atoms with E-state index in [-0.39, 0.29) is 42.5 Å². The van der Waals surface area contributed by atoms with Gasteiger partial charge < -0.3 is 9.64 Å². The number of amides is 1. The molecule has 0 aromatic heterocycles. The van der Waals surface area contributed by atoms with Crippen LogP contribution in [0, 0.1) is 6.08 Å². The Hall–Kier alpha value is 0.354. The van der Waals surface area contributed by atoms with Gasteiger partial charge in [-0.05, 0) is 31.0 Å². The fourth-order valence-electron chi connectivity index (χ4n) is 2.15. The van der Waals surface area contributed by atoms with E-state index < -0.39 is 0 Å². The number of carbonyl (C=O) groups excluding carboxylic acids is 1. The summed E-state index contributed by atoms with van der Waals surface area (Å²) in [4.78, 5) is 13.9. The summed E-state index contributed by atoms with van der Waals surface area (Å²) in [6.07, 6.45) is 3.92. The number of hydrogen-bond donors (Lipinski definition) is 0. The van der Waals surface area contributed by atoms with E-state index >= 15 is 0 Å². The summed E-state index contributed by atoms with van der Waals surface area (Å²) in [5, 5.41) is 0.580. The van der Waals surface area contributed by atoms with Crippen molar-refractivity contribution >= 4 is 45.8 Å². The number of alkyl halides is 1. The van der Waals surface area contributed by atoms with E-state index in [0.717, 1.165) is 17.0 Å². The van der Waals surface area contributed by atoms with E-state index in [9.17, 15) is 4.79 Å². The molecule has 1 aliphatic rings. The van der Waals surface area contributed by atoms with Gasteiger partial charge in [0.25, 0.3) is 0 Å². The molecule has 1 aliphatic heterocycles. The van der Waals surface area contributed by atoms with Crippen molar-refractivity contribution in [2.24, 2.45) is 0 Å². The zero-order valence-electron chi connectivity index (χ0n) is 12.0. The molecule has 6 heteroatoms. The largest absolute Gasteiger partial charge is 0.494 e. The summed E-state index contributed by atoms with van der Waals surface area (Å²) >= 11 is 8.48. The third-order valence-corrected chi connectivity index (χ3v) is 4.36. The van der Waals surface area contributed by atoms with E-state index in [4.69, 9.17) is 16.3 Å². The Morgan fingerprint density at radius 2 is 2.19 bits per heavy atom. The minimum absolute atomic E-state index is 0. The van der Waals surface area contributed by atoms with Gasteiger partial charge in [-0.2, -0.15) is 0 Å². The SMILES string of the molecule is CCOc1ccc(C2=[C-]CC(I)C(=O)N2CC)c(Cl)c1.[Y]. The minimum atomic E-state index is -0.0437. The third-order valence-electron chi connectivity index (χ3n) is 3.08. The Balaban J connectivity index is 0.00000220. The number of benzene rings is 1. The number of rotatable bonds is 4. The molecule has 0 aliphatic carbocycles. The van der Waals surface area contributed by atoms with Crippen LogP contribution in [0.25, 0.3) is 5.70 Å². The van der Waals surface area contributed by atoms with Gasteiger partial charge in [-0.3, -0.25) is 4.79 Å². The summed E-state index contributed by atoms with van der Waals surface area (Å²) in [5.74, 6) is 0.852. The maximum absolute atomic E-state index is 12.2. The van der Waals surface area contributed by atoms with Gasteiger partial charge in [0.15, 0.2) is 0 Å². The number of allylic oxidation sites excluding steroid dienone is 1. The first-order chi connectivity index (χ1) is 9.58. The zero-order valence-corrected chi connectivity index (χ0v) is 17.8. The zero-order chi connectivity index (χ0) is 14.7. The molecular formula is C15H16ClINO2Y-. The molecule has 1 amide bonds. The second-order valence-electron chi connectivity index (χ2n) is 4.35. The van der Waals surface area contributed by atoms with Crippen molar-refractivity contribution in [2.75, 3.05) is 13.2 Å². The van der Waals surface area contributed by atoms with Crippen molar-refractivity contribution in [2.45, 2.75) is 24.2 Å². The molecule has 1 radical (unpaired) electrons. The molecule has 1 atom stereocenters. The molecule has 2 rings (SSSR count). The van der Waals surface area contributed by atoms with Gasteiger partial charge in [-0.25, -0.2) is 6.08 Å². The van der Waals surface area contributed by atoms with Crippen LogP contribution in [0.4, 0.5) is 0 Å². The van der Waals surface area contributed by atoms with Crippen molar-refractivity contribution in [1.82, 2.24) is 4.90 Å². The number of ether oxygens (including phenoxy) is 1. The summed E-state index contributed by atoms with van der Waals surface area (Å²) < 4.78 is 5.38. The van der Waals surface area contributed by atoms with Gasteiger partial charge in [0.1, 0.15) is 5.75 Å². The van der Waals surface area contributed by atoms with Crippen LogP contribution in [-0.2, 0) is 37.5 Å². The Bertz CT molecular complexity index is 550. The van der Waals surface area contributed by atoms with Gasteiger partial charge in [0, 0.05) is 39.3 Å². The number of hydrogen-bond acceptors (Lipinski definition) is 2. The van der Waals surface area contributed by atoms with E-state index in [1.54, 1.807) is 11.0 Å². The molecule has 1 heterocycles. The van der Waals surface area contributed by atoms with Gasteiger partial charge in [-0.1, -0.05) is 29.0 Å². The van der Waals surface area contributed by atoms with Crippen LogP contribution in [-0.4, -0.2) is 27.9 Å². The van der Waals surface area contributed by atoms with Crippen molar-refractivity contribution in [3.8, 4) is 5.75 Å². The molecule has 0 bridgehead atoms. The van der Waals surface area contributed by atoms with E-state index in [0.29, 0.717) is 24.6 Å². The molecule has 1 aromatic carbocycles. The van der Waals surface area contributed by atoms with Crippen molar-refractivity contribution in [3.63, 3.8) is 0 Å². The van der Waals surface area contributed by atoms with E-state index in [1.807, 2.05) is 26.0 Å². The van der Waals surface area contributed by atoms with E-state index in [1.165, 1.54) is 0 Å². The standard InChI is InChI=1S/C15H16ClINO2.Y/c1-3-18-14(8-7-13(17)15(18)19)11-6-5-10(20-4-2)9-12(11)16;/h5-6,9,13H,3-4,7H2,1-2H3;/q-1;. The molecule has 21 heavy (non-hydrogen) atoms. The van der Waals surface area contributed by atoms with Crippen LogP contribution in [0.1, 0.15) is 25.8 Å². The van der Waals surface area contributed by atoms with Crippen molar-refractivity contribution in [1.29, 1.82) is 0 Å². The Kier molecular flexibility index (Phi) is 8.17. The number of halogens is 2. The predicted molar refractivity (Wildman–Crippen MR) is 89.1 cm³/mol. The van der Waals surface area contributed by atoms with Gasteiger partial charge >= 0.3 is 0 Å². The molecular weight excluding hydrogens is 477 g/mol.